The lowest BCUT2D eigenvalue weighted by atomic mass is 9.97. The molecule has 3 aromatic carbocycles. The van der Waals surface area contributed by atoms with Crippen LogP contribution in [-0.2, 0) is 29.1 Å². The first-order chi connectivity index (χ1) is 17.5. The van der Waals surface area contributed by atoms with Crippen molar-refractivity contribution >= 4 is 23.2 Å². The fraction of sp³-hybridized carbons (Fsp3) is 0.200. The molecule has 4 rings (SSSR count). The van der Waals surface area contributed by atoms with Crippen LogP contribution in [0.25, 0.3) is 0 Å². The first-order valence-corrected chi connectivity index (χ1v) is 12.7. The van der Waals surface area contributed by atoms with Crippen molar-refractivity contribution < 1.29 is 14.3 Å². The Balaban J connectivity index is 1.71. The zero-order valence-corrected chi connectivity index (χ0v) is 21.3. The van der Waals surface area contributed by atoms with Crippen molar-refractivity contribution in [2.75, 3.05) is 7.11 Å². The van der Waals surface area contributed by atoms with E-state index < -0.39 is 6.04 Å². The van der Waals surface area contributed by atoms with Crippen LogP contribution in [-0.4, -0.2) is 23.8 Å². The summed E-state index contributed by atoms with van der Waals surface area (Å²) in [5.74, 6) is 0.387. The average molecular weight is 499 g/mol. The van der Waals surface area contributed by atoms with Gasteiger partial charge in [-0.3, -0.25) is 9.59 Å². The van der Waals surface area contributed by atoms with Gasteiger partial charge in [0.2, 0.25) is 11.8 Å². The molecule has 184 valence electrons. The molecule has 0 aliphatic heterocycles. The Labute approximate surface area is 216 Å². The molecular weight excluding hydrogens is 468 g/mol. The molecule has 0 fully saturated rings. The van der Waals surface area contributed by atoms with E-state index in [1.807, 2.05) is 103 Å². The molecule has 4 aromatic rings. The summed E-state index contributed by atoms with van der Waals surface area (Å²) in [6.45, 7) is 2.63. The predicted molar refractivity (Wildman–Crippen MR) is 144 cm³/mol. The van der Waals surface area contributed by atoms with Gasteiger partial charge in [-0.05, 0) is 52.8 Å². The van der Waals surface area contributed by atoms with E-state index in [1.165, 1.54) is 11.3 Å². The minimum absolute atomic E-state index is 0.108. The van der Waals surface area contributed by atoms with Gasteiger partial charge in [-0.15, -0.1) is 11.3 Å². The summed E-state index contributed by atoms with van der Waals surface area (Å²) >= 11 is 1.54. The predicted octanol–water partition coefficient (Wildman–Crippen LogP) is 5.69. The van der Waals surface area contributed by atoms with Crippen molar-refractivity contribution in [1.29, 1.82) is 0 Å². The first-order valence-electron chi connectivity index (χ1n) is 11.9. The Morgan fingerprint density at radius 2 is 1.67 bits per heavy atom. The highest BCUT2D eigenvalue weighted by Crippen LogP contribution is 2.28. The number of nitrogens with one attached hydrogen (secondary N) is 1. The standard InChI is InChI=1S/C30H30N2O3S/c1-22-10-6-7-16-27(22)29(30(34)31-20-23-11-4-3-5-12-23)32(28(33)19-26-15-9-17-36-26)21-24-13-8-14-25(18-24)35-2/h3-18,29H,19-21H2,1-2H3,(H,31,34). The van der Waals surface area contributed by atoms with E-state index in [0.29, 0.717) is 12.3 Å². The third-order valence-corrected chi connectivity index (χ3v) is 6.94. The number of rotatable bonds is 10. The lowest BCUT2D eigenvalue weighted by Gasteiger charge is -2.32. The third-order valence-electron chi connectivity index (χ3n) is 6.07. The highest BCUT2D eigenvalue weighted by atomic mass is 32.1. The van der Waals surface area contributed by atoms with E-state index >= 15 is 0 Å². The Hall–Kier alpha value is -3.90. The van der Waals surface area contributed by atoms with Gasteiger partial charge in [-0.25, -0.2) is 0 Å². The average Bonchev–Trinajstić information content (AvgIpc) is 3.42. The van der Waals surface area contributed by atoms with Crippen LogP contribution in [0.4, 0.5) is 0 Å². The molecule has 1 aromatic heterocycles. The minimum atomic E-state index is -0.784. The largest absolute Gasteiger partial charge is 0.497 e. The summed E-state index contributed by atoms with van der Waals surface area (Å²) in [5.41, 5.74) is 3.66. The van der Waals surface area contributed by atoms with Gasteiger partial charge >= 0.3 is 0 Å². The topological polar surface area (TPSA) is 58.6 Å². The Morgan fingerprint density at radius 3 is 2.39 bits per heavy atom. The fourth-order valence-electron chi connectivity index (χ4n) is 4.18. The van der Waals surface area contributed by atoms with Crippen LogP contribution in [0.1, 0.15) is 33.2 Å². The maximum atomic E-state index is 13.8. The molecule has 1 heterocycles. The van der Waals surface area contributed by atoms with E-state index in [2.05, 4.69) is 5.32 Å². The number of carbonyl (C=O) groups is 2. The molecule has 0 aliphatic carbocycles. The molecule has 1 atom stereocenters. The maximum Gasteiger partial charge on any atom is 0.247 e. The van der Waals surface area contributed by atoms with Gasteiger partial charge in [0.05, 0.1) is 13.5 Å². The Kier molecular flexibility index (Phi) is 8.53. The Bertz CT molecular complexity index is 1290. The van der Waals surface area contributed by atoms with Crippen molar-refractivity contribution in [2.24, 2.45) is 0 Å². The smallest absolute Gasteiger partial charge is 0.247 e. The number of amides is 2. The molecule has 36 heavy (non-hydrogen) atoms. The highest BCUT2D eigenvalue weighted by molar-refractivity contribution is 7.10. The molecule has 1 N–H and O–H groups in total. The normalized spacial score (nSPS) is 11.5. The first kappa shape index (κ1) is 25.2. The fourth-order valence-corrected chi connectivity index (χ4v) is 4.88. The molecule has 0 aliphatic rings. The van der Waals surface area contributed by atoms with Crippen molar-refractivity contribution in [2.45, 2.75) is 32.5 Å². The highest BCUT2D eigenvalue weighted by Gasteiger charge is 2.32. The lowest BCUT2D eigenvalue weighted by molar-refractivity contribution is -0.141. The molecule has 2 amide bonds. The number of methoxy groups -OCH3 is 1. The molecule has 0 bridgehead atoms. The molecule has 0 spiro atoms. The number of hydrogen-bond donors (Lipinski definition) is 1. The third kappa shape index (κ3) is 6.40. The zero-order chi connectivity index (χ0) is 25.3. The van der Waals surface area contributed by atoms with Gasteiger partial charge < -0.3 is 15.0 Å². The van der Waals surface area contributed by atoms with Crippen LogP contribution < -0.4 is 10.1 Å². The number of nitrogens with zero attached hydrogens (tertiary/aromatic N) is 1. The number of carbonyl (C=O) groups excluding carboxylic acids is 2. The van der Waals surface area contributed by atoms with E-state index in [4.69, 9.17) is 4.74 Å². The summed E-state index contributed by atoms with van der Waals surface area (Å²) in [5, 5.41) is 5.03. The zero-order valence-electron chi connectivity index (χ0n) is 20.5. The quantitative estimate of drug-likeness (QED) is 0.305. The molecule has 0 saturated carbocycles. The summed E-state index contributed by atoms with van der Waals surface area (Å²) in [6.07, 6.45) is 0.232. The van der Waals surface area contributed by atoms with Gasteiger partial charge in [-0.1, -0.05) is 72.8 Å². The summed E-state index contributed by atoms with van der Waals surface area (Å²) in [6, 6.07) is 28.3. The van der Waals surface area contributed by atoms with Crippen LogP contribution in [0.2, 0.25) is 0 Å². The minimum Gasteiger partial charge on any atom is -0.497 e. The molecule has 5 nitrogen and oxygen atoms in total. The van der Waals surface area contributed by atoms with E-state index in [1.54, 1.807) is 12.0 Å². The molecule has 0 radical (unpaired) electrons. The lowest BCUT2D eigenvalue weighted by Crippen LogP contribution is -2.44. The number of benzene rings is 3. The molecular formula is C30H30N2O3S. The van der Waals surface area contributed by atoms with Gasteiger partial charge in [0.25, 0.3) is 0 Å². The van der Waals surface area contributed by atoms with Crippen LogP contribution in [0, 0.1) is 6.92 Å². The van der Waals surface area contributed by atoms with E-state index in [9.17, 15) is 9.59 Å². The second kappa shape index (κ2) is 12.2. The Morgan fingerprint density at radius 1 is 0.917 bits per heavy atom. The maximum absolute atomic E-state index is 13.8. The SMILES string of the molecule is COc1cccc(CN(C(=O)Cc2cccs2)C(C(=O)NCc2ccccc2)c2ccccc2C)c1. The molecule has 6 heteroatoms. The number of ether oxygens (including phenoxy) is 1. The summed E-state index contributed by atoms with van der Waals surface area (Å²) in [7, 11) is 1.62. The number of hydrogen-bond acceptors (Lipinski definition) is 4. The van der Waals surface area contributed by atoms with Crippen molar-refractivity contribution in [1.82, 2.24) is 10.2 Å². The monoisotopic (exact) mass is 498 g/mol. The van der Waals surface area contributed by atoms with Crippen molar-refractivity contribution in [3.63, 3.8) is 0 Å². The van der Waals surface area contributed by atoms with E-state index in [-0.39, 0.29) is 24.8 Å². The molecule has 1 unspecified atom stereocenters. The van der Waals surface area contributed by atoms with Gasteiger partial charge in [0.1, 0.15) is 11.8 Å². The number of thiophene rings is 1. The number of aryl methyl sites for hydroxylation is 1. The second-order valence-electron chi connectivity index (χ2n) is 8.59. The van der Waals surface area contributed by atoms with Gasteiger partial charge in [0, 0.05) is 18.0 Å². The van der Waals surface area contributed by atoms with Crippen LogP contribution in [0.15, 0.2) is 96.4 Å². The van der Waals surface area contributed by atoms with Crippen LogP contribution in [0.3, 0.4) is 0 Å². The van der Waals surface area contributed by atoms with Crippen LogP contribution in [0.5, 0.6) is 5.75 Å². The van der Waals surface area contributed by atoms with E-state index in [0.717, 1.165) is 27.1 Å². The molecule has 0 saturated heterocycles. The second-order valence-corrected chi connectivity index (χ2v) is 9.62. The van der Waals surface area contributed by atoms with Gasteiger partial charge in [-0.2, -0.15) is 0 Å². The van der Waals surface area contributed by atoms with Gasteiger partial charge in [0.15, 0.2) is 0 Å². The van der Waals surface area contributed by atoms with Crippen molar-refractivity contribution in [3.8, 4) is 5.75 Å². The summed E-state index contributed by atoms with van der Waals surface area (Å²) < 4.78 is 5.40. The van der Waals surface area contributed by atoms with Crippen molar-refractivity contribution in [3.05, 3.63) is 124 Å². The van der Waals surface area contributed by atoms with Crippen LogP contribution >= 0.6 is 11.3 Å². The summed E-state index contributed by atoms with van der Waals surface area (Å²) in [4.78, 5) is 30.3.